The number of nitrogens with zero attached hydrogens (tertiary/aromatic N) is 1. The van der Waals surface area contributed by atoms with Gasteiger partial charge >= 0.3 is 5.97 Å². The van der Waals surface area contributed by atoms with Crippen molar-refractivity contribution in [3.05, 3.63) is 0 Å². The molecule has 0 aromatic rings. The summed E-state index contributed by atoms with van der Waals surface area (Å²) in [5, 5.41) is 11.2. The molecule has 14 heavy (non-hydrogen) atoms. The Morgan fingerprint density at radius 1 is 1.57 bits per heavy atom. The zero-order valence-corrected chi connectivity index (χ0v) is 8.49. The SMILES string of the molecule is C[C@@H](NCC(=O)N(C)C1CC1)C(=O)O. The van der Waals surface area contributed by atoms with Crippen LogP contribution in [0.3, 0.4) is 0 Å². The number of nitrogens with one attached hydrogen (secondary N) is 1. The van der Waals surface area contributed by atoms with Gasteiger partial charge in [0.25, 0.3) is 0 Å². The predicted molar refractivity (Wildman–Crippen MR) is 50.9 cm³/mol. The van der Waals surface area contributed by atoms with Crippen molar-refractivity contribution in [2.45, 2.75) is 31.8 Å². The van der Waals surface area contributed by atoms with Gasteiger partial charge in [-0.1, -0.05) is 0 Å². The summed E-state index contributed by atoms with van der Waals surface area (Å²) in [4.78, 5) is 23.5. The number of carbonyl (C=O) groups is 2. The fourth-order valence-electron chi connectivity index (χ4n) is 1.12. The van der Waals surface area contributed by atoms with E-state index in [1.807, 2.05) is 0 Å². The first-order chi connectivity index (χ1) is 6.52. The quantitative estimate of drug-likeness (QED) is 0.637. The number of rotatable bonds is 5. The summed E-state index contributed by atoms with van der Waals surface area (Å²) >= 11 is 0. The maximum Gasteiger partial charge on any atom is 0.320 e. The summed E-state index contributed by atoms with van der Waals surface area (Å²) in [5.74, 6) is -0.979. The standard InChI is InChI=1S/C9H16N2O3/c1-6(9(13)14)10-5-8(12)11(2)7-3-4-7/h6-7,10H,3-5H2,1-2H3,(H,13,14)/t6-/m1/s1. The molecule has 0 aliphatic heterocycles. The third-order valence-electron chi connectivity index (χ3n) is 2.42. The van der Waals surface area contributed by atoms with Crippen molar-refractivity contribution in [2.24, 2.45) is 0 Å². The number of aliphatic carboxylic acids is 1. The topological polar surface area (TPSA) is 69.6 Å². The minimum absolute atomic E-state index is 0.0411. The monoisotopic (exact) mass is 200 g/mol. The van der Waals surface area contributed by atoms with Crippen molar-refractivity contribution in [3.63, 3.8) is 0 Å². The molecule has 0 radical (unpaired) electrons. The van der Waals surface area contributed by atoms with Gasteiger partial charge in [0.05, 0.1) is 6.54 Å². The van der Waals surface area contributed by atoms with Gasteiger partial charge in [0.15, 0.2) is 0 Å². The van der Waals surface area contributed by atoms with Gasteiger partial charge in [-0.25, -0.2) is 0 Å². The fourth-order valence-corrected chi connectivity index (χ4v) is 1.12. The molecule has 1 aliphatic carbocycles. The first-order valence-electron chi connectivity index (χ1n) is 4.74. The Morgan fingerprint density at radius 3 is 2.57 bits per heavy atom. The lowest BCUT2D eigenvalue weighted by Crippen LogP contribution is -2.42. The molecule has 5 nitrogen and oxygen atoms in total. The van der Waals surface area contributed by atoms with Gasteiger partial charge in [-0.2, -0.15) is 0 Å². The van der Waals surface area contributed by atoms with Crippen LogP contribution in [0.2, 0.25) is 0 Å². The second kappa shape index (κ2) is 4.41. The first kappa shape index (κ1) is 11.0. The van der Waals surface area contributed by atoms with Crippen molar-refractivity contribution in [3.8, 4) is 0 Å². The molecule has 0 aromatic heterocycles. The van der Waals surface area contributed by atoms with Gasteiger partial charge in [-0.05, 0) is 19.8 Å². The number of carbonyl (C=O) groups excluding carboxylic acids is 1. The summed E-state index contributed by atoms with van der Waals surface area (Å²) in [6.45, 7) is 1.62. The van der Waals surface area contributed by atoms with Crippen molar-refractivity contribution >= 4 is 11.9 Å². The molecule has 1 amide bonds. The molecule has 1 saturated carbocycles. The predicted octanol–water partition coefficient (Wildman–Crippen LogP) is -0.330. The van der Waals surface area contributed by atoms with Gasteiger partial charge in [0.1, 0.15) is 6.04 Å². The molecule has 5 heteroatoms. The van der Waals surface area contributed by atoms with Gasteiger partial charge in [-0.3, -0.25) is 14.9 Å². The normalized spacial score (nSPS) is 17.6. The van der Waals surface area contributed by atoms with E-state index in [0.29, 0.717) is 6.04 Å². The van der Waals surface area contributed by atoms with Crippen LogP contribution in [0.15, 0.2) is 0 Å². The second-order valence-corrected chi connectivity index (χ2v) is 3.68. The molecule has 0 heterocycles. The molecule has 80 valence electrons. The van der Waals surface area contributed by atoms with Crippen LogP contribution >= 0.6 is 0 Å². The Bertz CT molecular complexity index is 238. The molecule has 1 rings (SSSR count). The molecule has 2 N–H and O–H groups in total. The smallest absolute Gasteiger partial charge is 0.320 e. The maximum absolute atomic E-state index is 11.4. The van der Waals surface area contributed by atoms with E-state index in [1.165, 1.54) is 6.92 Å². The Labute approximate surface area is 83.1 Å². The number of hydrogen-bond acceptors (Lipinski definition) is 3. The number of likely N-dealkylation sites (N-methyl/N-ethyl adjacent to an activating group) is 1. The van der Waals surface area contributed by atoms with Crippen LogP contribution in [-0.2, 0) is 9.59 Å². The number of hydrogen-bond donors (Lipinski definition) is 2. The zero-order chi connectivity index (χ0) is 10.7. The lowest BCUT2D eigenvalue weighted by molar-refractivity contribution is -0.139. The highest BCUT2D eigenvalue weighted by atomic mass is 16.4. The molecule has 0 spiro atoms. The second-order valence-electron chi connectivity index (χ2n) is 3.68. The maximum atomic E-state index is 11.4. The molecule has 0 unspecified atom stereocenters. The molecule has 0 saturated heterocycles. The highest BCUT2D eigenvalue weighted by Gasteiger charge is 2.29. The van der Waals surface area contributed by atoms with Gasteiger partial charge in [0, 0.05) is 13.1 Å². The highest BCUT2D eigenvalue weighted by Crippen LogP contribution is 2.24. The van der Waals surface area contributed by atoms with Crippen LogP contribution < -0.4 is 5.32 Å². The molecular formula is C9H16N2O3. The third-order valence-corrected chi connectivity index (χ3v) is 2.42. The van der Waals surface area contributed by atoms with Crippen LogP contribution in [0, 0.1) is 0 Å². The fraction of sp³-hybridized carbons (Fsp3) is 0.778. The van der Waals surface area contributed by atoms with E-state index in [1.54, 1.807) is 11.9 Å². The van der Waals surface area contributed by atoms with E-state index in [0.717, 1.165) is 12.8 Å². The van der Waals surface area contributed by atoms with Crippen LogP contribution in [0.4, 0.5) is 0 Å². The summed E-state index contributed by atoms with van der Waals surface area (Å²) in [6, 6.07) is -0.295. The molecule has 1 atom stereocenters. The molecule has 1 fully saturated rings. The summed E-state index contributed by atoms with van der Waals surface area (Å²) in [7, 11) is 1.76. The van der Waals surface area contributed by atoms with Gasteiger partial charge in [-0.15, -0.1) is 0 Å². The minimum Gasteiger partial charge on any atom is -0.480 e. The lowest BCUT2D eigenvalue weighted by Gasteiger charge is -2.17. The van der Waals surface area contributed by atoms with Crippen molar-refractivity contribution < 1.29 is 14.7 Å². The van der Waals surface area contributed by atoms with E-state index in [9.17, 15) is 9.59 Å². The van der Waals surface area contributed by atoms with E-state index in [-0.39, 0.29) is 12.5 Å². The third kappa shape index (κ3) is 2.99. The van der Waals surface area contributed by atoms with Crippen molar-refractivity contribution in [1.82, 2.24) is 10.2 Å². The summed E-state index contributed by atoms with van der Waals surface area (Å²) in [5.41, 5.74) is 0. The molecule has 0 aromatic carbocycles. The van der Waals surface area contributed by atoms with Crippen LogP contribution in [0.25, 0.3) is 0 Å². The van der Waals surface area contributed by atoms with E-state index in [4.69, 9.17) is 5.11 Å². The summed E-state index contributed by atoms with van der Waals surface area (Å²) in [6.07, 6.45) is 2.13. The van der Waals surface area contributed by atoms with E-state index >= 15 is 0 Å². The Hall–Kier alpha value is -1.10. The number of carboxylic acids is 1. The highest BCUT2D eigenvalue weighted by molar-refractivity contribution is 5.80. The molecule has 0 bridgehead atoms. The van der Waals surface area contributed by atoms with Crippen molar-refractivity contribution in [2.75, 3.05) is 13.6 Å². The minimum atomic E-state index is -0.938. The van der Waals surface area contributed by atoms with Crippen LogP contribution in [0.5, 0.6) is 0 Å². The number of amides is 1. The average molecular weight is 200 g/mol. The van der Waals surface area contributed by atoms with E-state index < -0.39 is 12.0 Å². The number of carboxylic acid groups (broad SMARTS) is 1. The van der Waals surface area contributed by atoms with Gasteiger partial charge < -0.3 is 10.0 Å². The van der Waals surface area contributed by atoms with Crippen LogP contribution in [0.1, 0.15) is 19.8 Å². The molecule has 1 aliphatic rings. The Balaban J connectivity index is 2.23. The largest absolute Gasteiger partial charge is 0.480 e. The van der Waals surface area contributed by atoms with Crippen LogP contribution in [-0.4, -0.2) is 47.6 Å². The lowest BCUT2D eigenvalue weighted by atomic mass is 10.3. The van der Waals surface area contributed by atoms with Crippen molar-refractivity contribution in [1.29, 1.82) is 0 Å². The van der Waals surface area contributed by atoms with Gasteiger partial charge in [0.2, 0.25) is 5.91 Å². The Kier molecular flexibility index (Phi) is 3.46. The zero-order valence-electron chi connectivity index (χ0n) is 8.49. The average Bonchev–Trinajstić information content (AvgIpc) is 2.95. The Morgan fingerprint density at radius 2 is 2.14 bits per heavy atom. The van der Waals surface area contributed by atoms with E-state index in [2.05, 4.69) is 5.32 Å². The molecular weight excluding hydrogens is 184 g/mol. The summed E-state index contributed by atoms with van der Waals surface area (Å²) < 4.78 is 0. The first-order valence-corrected chi connectivity index (χ1v) is 4.74.